The molecule has 0 spiro atoms. The van der Waals surface area contributed by atoms with Crippen LogP contribution in [0.15, 0.2) is 30.6 Å². The van der Waals surface area contributed by atoms with E-state index >= 15 is 0 Å². The Kier molecular flexibility index (Phi) is 4.39. The van der Waals surface area contributed by atoms with Crippen LogP contribution < -0.4 is 15.7 Å². The predicted octanol–water partition coefficient (Wildman–Crippen LogP) is 1.48. The summed E-state index contributed by atoms with van der Waals surface area (Å²) in [7, 11) is 1.53. The van der Waals surface area contributed by atoms with E-state index in [2.05, 4.69) is 10.3 Å². The molecule has 0 aliphatic carbocycles. The molecule has 8 heteroatoms. The fraction of sp³-hybridized carbons (Fsp3) is 0.368. The van der Waals surface area contributed by atoms with Crippen molar-refractivity contribution in [3.63, 3.8) is 0 Å². The monoisotopic (exact) mass is 366 g/mol. The van der Waals surface area contributed by atoms with E-state index in [0.29, 0.717) is 5.56 Å². The number of amides is 2. The minimum Gasteiger partial charge on any atom is -0.340 e. The Labute approximate surface area is 156 Å². The van der Waals surface area contributed by atoms with Gasteiger partial charge in [-0.3, -0.25) is 14.8 Å². The smallest absolute Gasteiger partial charge is 0.326 e. The van der Waals surface area contributed by atoms with E-state index in [1.165, 1.54) is 11.6 Å². The molecule has 1 fully saturated rings. The zero-order valence-electron chi connectivity index (χ0n) is 15.2. The van der Waals surface area contributed by atoms with E-state index in [4.69, 9.17) is 5.41 Å². The van der Waals surface area contributed by atoms with Crippen molar-refractivity contribution >= 4 is 23.4 Å². The van der Waals surface area contributed by atoms with Gasteiger partial charge in [-0.05, 0) is 37.0 Å². The average molecular weight is 366 g/mol. The molecular formula is C19H22N6O2. The van der Waals surface area contributed by atoms with Crippen LogP contribution in [0.2, 0.25) is 0 Å². The van der Waals surface area contributed by atoms with Gasteiger partial charge in [0.05, 0.1) is 5.56 Å². The average Bonchev–Trinajstić information content (AvgIpc) is 2.65. The maximum absolute atomic E-state index is 12.4. The molecule has 4 rings (SSSR count). The van der Waals surface area contributed by atoms with Crippen LogP contribution in [-0.2, 0) is 6.42 Å². The van der Waals surface area contributed by atoms with Gasteiger partial charge in [0.25, 0.3) is 5.91 Å². The van der Waals surface area contributed by atoms with E-state index in [9.17, 15) is 9.59 Å². The molecule has 0 unspecified atom stereocenters. The molecule has 2 amide bonds. The SMILES string of the molecule is CNC(=O)n1ccc(N2CCCc3cc(C(=O)N4CCC4)cnc32)cc1=N. The van der Waals surface area contributed by atoms with Gasteiger partial charge in [-0.25, -0.2) is 9.78 Å². The lowest BCUT2D eigenvalue weighted by molar-refractivity contribution is 0.0651. The van der Waals surface area contributed by atoms with Crippen molar-refractivity contribution in [3.8, 4) is 0 Å². The first-order valence-corrected chi connectivity index (χ1v) is 9.13. The molecule has 0 atom stereocenters. The Bertz CT molecular complexity index is 963. The lowest BCUT2D eigenvalue weighted by Gasteiger charge is -2.32. The van der Waals surface area contributed by atoms with Gasteiger partial charge >= 0.3 is 6.03 Å². The number of carbonyl (C=O) groups is 2. The topological polar surface area (TPSA) is 94.3 Å². The Morgan fingerprint density at radius 1 is 1.19 bits per heavy atom. The molecule has 0 radical (unpaired) electrons. The van der Waals surface area contributed by atoms with E-state index in [1.807, 2.05) is 21.9 Å². The number of nitrogens with one attached hydrogen (secondary N) is 2. The Morgan fingerprint density at radius 2 is 2.00 bits per heavy atom. The highest BCUT2D eigenvalue weighted by molar-refractivity contribution is 5.95. The number of aromatic nitrogens is 2. The summed E-state index contributed by atoms with van der Waals surface area (Å²) in [6.45, 7) is 2.43. The number of hydrogen-bond donors (Lipinski definition) is 2. The molecule has 8 nitrogen and oxygen atoms in total. The van der Waals surface area contributed by atoms with Gasteiger partial charge in [-0.1, -0.05) is 0 Å². The van der Waals surface area contributed by atoms with Crippen molar-refractivity contribution in [2.24, 2.45) is 0 Å². The number of hydrogen-bond acceptors (Lipinski definition) is 5. The van der Waals surface area contributed by atoms with Crippen molar-refractivity contribution in [3.05, 3.63) is 47.2 Å². The first kappa shape index (κ1) is 17.3. The molecule has 4 heterocycles. The van der Waals surface area contributed by atoms with Crippen LogP contribution in [0.3, 0.4) is 0 Å². The van der Waals surface area contributed by atoms with Gasteiger partial charge < -0.3 is 15.1 Å². The predicted molar refractivity (Wildman–Crippen MR) is 100 cm³/mol. The molecule has 1 saturated heterocycles. The second-order valence-electron chi connectivity index (χ2n) is 6.80. The molecule has 0 bridgehead atoms. The fourth-order valence-electron chi connectivity index (χ4n) is 3.49. The largest absolute Gasteiger partial charge is 0.340 e. The van der Waals surface area contributed by atoms with E-state index in [-0.39, 0.29) is 17.4 Å². The van der Waals surface area contributed by atoms with Crippen molar-refractivity contribution in [1.29, 1.82) is 5.41 Å². The quantitative estimate of drug-likeness (QED) is 0.842. The van der Waals surface area contributed by atoms with E-state index in [0.717, 1.165) is 56.0 Å². The zero-order chi connectivity index (χ0) is 19.0. The number of fused-ring (bicyclic) bond motifs is 1. The maximum atomic E-state index is 12.4. The van der Waals surface area contributed by atoms with Crippen molar-refractivity contribution < 1.29 is 9.59 Å². The summed E-state index contributed by atoms with van der Waals surface area (Å²) in [6, 6.07) is 5.07. The second kappa shape index (κ2) is 6.86. The van der Waals surface area contributed by atoms with Gasteiger partial charge in [0.2, 0.25) is 0 Å². The van der Waals surface area contributed by atoms with Gasteiger partial charge in [-0.15, -0.1) is 0 Å². The summed E-state index contributed by atoms with van der Waals surface area (Å²) < 4.78 is 1.25. The molecule has 2 N–H and O–H groups in total. The molecule has 27 heavy (non-hydrogen) atoms. The third kappa shape index (κ3) is 3.07. The van der Waals surface area contributed by atoms with Crippen LogP contribution in [0, 0.1) is 5.41 Å². The van der Waals surface area contributed by atoms with Crippen LogP contribution in [0.1, 0.15) is 28.8 Å². The highest BCUT2D eigenvalue weighted by Gasteiger charge is 2.25. The van der Waals surface area contributed by atoms with Crippen LogP contribution in [-0.4, -0.2) is 53.1 Å². The Hall–Kier alpha value is -3.16. The standard InChI is InChI=1S/C19H22N6O2/c1-21-19(27)25-9-5-15(11-16(25)20)24-8-2-4-13-10-14(12-22-17(13)24)18(26)23-6-3-7-23/h5,9-12,20H,2-4,6-8H2,1H3,(H,21,27). The summed E-state index contributed by atoms with van der Waals surface area (Å²) in [4.78, 5) is 32.7. The van der Waals surface area contributed by atoms with Crippen LogP contribution >= 0.6 is 0 Å². The van der Waals surface area contributed by atoms with Crippen molar-refractivity contribution in [2.75, 3.05) is 31.6 Å². The highest BCUT2D eigenvalue weighted by atomic mass is 16.2. The van der Waals surface area contributed by atoms with E-state index in [1.54, 1.807) is 18.5 Å². The number of rotatable bonds is 2. The minimum absolute atomic E-state index is 0.0495. The van der Waals surface area contributed by atoms with Crippen LogP contribution in [0.4, 0.5) is 16.3 Å². The third-order valence-electron chi connectivity index (χ3n) is 5.10. The van der Waals surface area contributed by atoms with Crippen LogP contribution in [0.5, 0.6) is 0 Å². The van der Waals surface area contributed by atoms with Crippen molar-refractivity contribution in [1.82, 2.24) is 19.8 Å². The number of pyridine rings is 2. The lowest BCUT2D eigenvalue weighted by atomic mass is 10.0. The Balaban J connectivity index is 1.65. The first-order chi connectivity index (χ1) is 13.1. The molecule has 2 aromatic heterocycles. The minimum atomic E-state index is -0.349. The van der Waals surface area contributed by atoms with Crippen molar-refractivity contribution in [2.45, 2.75) is 19.3 Å². The normalized spacial score (nSPS) is 15.7. The molecule has 2 aliphatic heterocycles. The summed E-state index contributed by atoms with van der Waals surface area (Å²) in [5, 5.41) is 10.6. The maximum Gasteiger partial charge on any atom is 0.326 e. The Morgan fingerprint density at radius 3 is 2.67 bits per heavy atom. The highest BCUT2D eigenvalue weighted by Crippen LogP contribution is 2.31. The van der Waals surface area contributed by atoms with Gasteiger partial charge in [0, 0.05) is 50.8 Å². The van der Waals surface area contributed by atoms with Crippen LogP contribution in [0.25, 0.3) is 0 Å². The van der Waals surface area contributed by atoms with E-state index < -0.39 is 0 Å². The van der Waals surface area contributed by atoms with Gasteiger partial charge in [0.1, 0.15) is 11.3 Å². The lowest BCUT2D eigenvalue weighted by Crippen LogP contribution is -2.42. The molecule has 140 valence electrons. The summed E-state index contributed by atoms with van der Waals surface area (Å²) in [5.41, 5.74) is 2.60. The zero-order valence-corrected chi connectivity index (χ0v) is 15.2. The van der Waals surface area contributed by atoms with Gasteiger partial charge in [-0.2, -0.15) is 0 Å². The molecule has 0 aromatic carbocycles. The molecule has 0 saturated carbocycles. The second-order valence-corrected chi connectivity index (χ2v) is 6.80. The molecule has 2 aromatic rings. The summed E-state index contributed by atoms with van der Waals surface area (Å²) in [5.74, 6) is 0.868. The summed E-state index contributed by atoms with van der Waals surface area (Å²) >= 11 is 0. The third-order valence-corrected chi connectivity index (χ3v) is 5.10. The first-order valence-electron chi connectivity index (χ1n) is 9.13. The molecular weight excluding hydrogens is 344 g/mol. The van der Waals surface area contributed by atoms with Gasteiger partial charge in [0.15, 0.2) is 0 Å². The fourth-order valence-corrected chi connectivity index (χ4v) is 3.49. The number of aryl methyl sites for hydroxylation is 1. The molecule has 2 aliphatic rings. The number of carbonyl (C=O) groups excluding carboxylic acids is 2. The number of nitrogens with zero attached hydrogens (tertiary/aromatic N) is 4. The number of likely N-dealkylation sites (tertiary alicyclic amines) is 1. The number of anilines is 2. The summed E-state index contributed by atoms with van der Waals surface area (Å²) in [6.07, 6.45) is 6.11.